The van der Waals surface area contributed by atoms with Crippen molar-refractivity contribution in [2.75, 3.05) is 20.2 Å². The molecule has 2 rings (SSSR count). The second-order valence-electron chi connectivity index (χ2n) is 5.14. The van der Waals surface area contributed by atoms with E-state index in [0.717, 1.165) is 32.4 Å². The number of rotatable bonds is 5. The molecule has 1 atom stereocenters. The first-order valence-corrected chi connectivity index (χ1v) is 7.10. The zero-order valence-electron chi connectivity index (χ0n) is 11.5. The average Bonchev–Trinajstić information content (AvgIpc) is 2.88. The third-order valence-electron chi connectivity index (χ3n) is 3.87. The second-order valence-corrected chi connectivity index (χ2v) is 5.54. The average molecular weight is 282 g/mol. The van der Waals surface area contributed by atoms with Crippen molar-refractivity contribution >= 4 is 17.4 Å². The number of carbonyl (C=O) groups excluding carboxylic acids is 1. The van der Waals surface area contributed by atoms with E-state index in [4.69, 9.17) is 16.3 Å². The highest BCUT2D eigenvalue weighted by atomic mass is 35.5. The molecule has 1 N–H and O–H groups in total. The predicted molar refractivity (Wildman–Crippen MR) is 77.2 cm³/mol. The molecule has 1 heterocycles. The van der Waals surface area contributed by atoms with Crippen LogP contribution in [0.2, 0.25) is 5.02 Å². The summed E-state index contributed by atoms with van der Waals surface area (Å²) in [5, 5.41) is 3.80. The monoisotopic (exact) mass is 281 g/mol. The number of Topliss-reactive ketones (excluding diaryl/α,β-unsaturated/α-hetero) is 1. The van der Waals surface area contributed by atoms with Gasteiger partial charge in [-0.05, 0) is 37.6 Å². The van der Waals surface area contributed by atoms with E-state index in [9.17, 15) is 4.79 Å². The van der Waals surface area contributed by atoms with Crippen LogP contribution in [0.15, 0.2) is 18.2 Å². The maximum absolute atomic E-state index is 12.8. The van der Waals surface area contributed by atoms with Gasteiger partial charge in [0.15, 0.2) is 5.78 Å². The Balaban J connectivity index is 2.29. The number of benzene rings is 1. The van der Waals surface area contributed by atoms with Crippen LogP contribution in [0.3, 0.4) is 0 Å². The maximum atomic E-state index is 12.8. The molecular formula is C15H20ClNO2. The molecule has 1 fully saturated rings. The van der Waals surface area contributed by atoms with E-state index in [0.29, 0.717) is 16.3 Å². The Kier molecular flexibility index (Phi) is 4.48. The van der Waals surface area contributed by atoms with Crippen LogP contribution in [0.4, 0.5) is 0 Å². The molecule has 0 aliphatic carbocycles. The van der Waals surface area contributed by atoms with Crippen molar-refractivity contribution < 1.29 is 9.53 Å². The summed E-state index contributed by atoms with van der Waals surface area (Å²) in [5.74, 6) is 0.802. The molecular weight excluding hydrogens is 262 g/mol. The van der Waals surface area contributed by atoms with Gasteiger partial charge in [0, 0.05) is 17.5 Å². The second kappa shape index (κ2) is 5.93. The first-order valence-electron chi connectivity index (χ1n) is 6.72. The normalized spacial score (nSPS) is 22.5. The van der Waals surface area contributed by atoms with Crippen molar-refractivity contribution in [3.05, 3.63) is 28.8 Å². The van der Waals surface area contributed by atoms with E-state index in [1.54, 1.807) is 19.2 Å². The van der Waals surface area contributed by atoms with Crippen LogP contribution < -0.4 is 10.1 Å². The summed E-state index contributed by atoms with van der Waals surface area (Å²) in [7, 11) is 1.57. The molecule has 0 saturated carbocycles. The smallest absolute Gasteiger partial charge is 0.170 e. The molecule has 19 heavy (non-hydrogen) atoms. The van der Waals surface area contributed by atoms with Crippen LogP contribution in [-0.2, 0) is 0 Å². The van der Waals surface area contributed by atoms with Crippen LogP contribution >= 0.6 is 11.6 Å². The van der Waals surface area contributed by atoms with Crippen LogP contribution in [0.1, 0.15) is 36.5 Å². The van der Waals surface area contributed by atoms with Crippen LogP contribution in [0.25, 0.3) is 0 Å². The van der Waals surface area contributed by atoms with Crippen molar-refractivity contribution in [1.29, 1.82) is 0 Å². The minimum absolute atomic E-state index is 0.198. The van der Waals surface area contributed by atoms with Gasteiger partial charge in [0.25, 0.3) is 0 Å². The predicted octanol–water partition coefficient (Wildman–Crippen LogP) is 3.31. The summed E-state index contributed by atoms with van der Waals surface area (Å²) in [6.07, 6.45) is 2.84. The Morgan fingerprint density at radius 3 is 2.84 bits per heavy atom. The number of carbonyl (C=O) groups is 1. The third-order valence-corrected chi connectivity index (χ3v) is 4.16. The Morgan fingerprint density at radius 2 is 2.32 bits per heavy atom. The minimum atomic E-state index is -0.257. The standard InChI is InChI=1S/C15H20ClNO2/c1-3-6-15(7-8-17-10-15)14(18)11-4-5-13(19-2)12(16)9-11/h4-5,9,17H,3,6-8,10H2,1-2H3. The van der Waals surface area contributed by atoms with Gasteiger partial charge >= 0.3 is 0 Å². The zero-order chi connectivity index (χ0) is 13.9. The van der Waals surface area contributed by atoms with E-state index in [1.807, 2.05) is 6.07 Å². The molecule has 1 aliphatic heterocycles. The highest BCUT2D eigenvalue weighted by Gasteiger charge is 2.40. The van der Waals surface area contributed by atoms with Gasteiger partial charge in [0.05, 0.1) is 12.1 Å². The molecule has 0 spiro atoms. The summed E-state index contributed by atoms with van der Waals surface area (Å²) in [6.45, 7) is 3.80. The van der Waals surface area contributed by atoms with Crippen LogP contribution in [0.5, 0.6) is 5.75 Å². The van der Waals surface area contributed by atoms with E-state index in [2.05, 4.69) is 12.2 Å². The number of nitrogens with one attached hydrogen (secondary N) is 1. The van der Waals surface area contributed by atoms with E-state index in [1.165, 1.54) is 0 Å². The highest BCUT2D eigenvalue weighted by molar-refractivity contribution is 6.32. The minimum Gasteiger partial charge on any atom is -0.495 e. The fourth-order valence-electron chi connectivity index (χ4n) is 2.86. The van der Waals surface area contributed by atoms with Gasteiger partial charge in [-0.2, -0.15) is 0 Å². The van der Waals surface area contributed by atoms with Gasteiger partial charge in [0.2, 0.25) is 0 Å². The van der Waals surface area contributed by atoms with Crippen molar-refractivity contribution in [3.8, 4) is 5.75 Å². The Bertz CT molecular complexity index is 467. The third kappa shape index (κ3) is 2.77. The number of ketones is 1. The van der Waals surface area contributed by atoms with Gasteiger partial charge in [0.1, 0.15) is 5.75 Å². The molecule has 3 nitrogen and oxygen atoms in total. The number of hydrogen-bond donors (Lipinski definition) is 1. The highest BCUT2D eigenvalue weighted by Crippen LogP contribution is 2.36. The molecule has 104 valence electrons. The lowest BCUT2D eigenvalue weighted by atomic mass is 9.76. The van der Waals surface area contributed by atoms with Crippen molar-refractivity contribution in [3.63, 3.8) is 0 Å². The Labute approximate surface area is 119 Å². The van der Waals surface area contributed by atoms with E-state index >= 15 is 0 Å². The number of halogens is 1. The summed E-state index contributed by atoms with van der Waals surface area (Å²) >= 11 is 6.11. The fraction of sp³-hybridized carbons (Fsp3) is 0.533. The quantitative estimate of drug-likeness (QED) is 0.842. The SMILES string of the molecule is CCCC1(C(=O)c2ccc(OC)c(Cl)c2)CCNC1. The Morgan fingerprint density at radius 1 is 1.53 bits per heavy atom. The van der Waals surface area contributed by atoms with E-state index in [-0.39, 0.29) is 11.2 Å². The van der Waals surface area contributed by atoms with E-state index < -0.39 is 0 Å². The number of hydrogen-bond acceptors (Lipinski definition) is 3. The lowest BCUT2D eigenvalue weighted by Gasteiger charge is -2.26. The first kappa shape index (κ1) is 14.4. The zero-order valence-corrected chi connectivity index (χ0v) is 12.2. The number of ether oxygens (including phenoxy) is 1. The first-order chi connectivity index (χ1) is 9.13. The molecule has 1 unspecified atom stereocenters. The molecule has 1 aliphatic rings. The maximum Gasteiger partial charge on any atom is 0.170 e. The number of methoxy groups -OCH3 is 1. The van der Waals surface area contributed by atoms with Gasteiger partial charge < -0.3 is 10.1 Å². The van der Waals surface area contributed by atoms with Crippen LogP contribution in [-0.4, -0.2) is 26.0 Å². The summed E-state index contributed by atoms with van der Waals surface area (Å²) in [6, 6.07) is 5.29. The topological polar surface area (TPSA) is 38.3 Å². The molecule has 1 saturated heterocycles. The van der Waals surface area contributed by atoms with Crippen molar-refractivity contribution in [2.45, 2.75) is 26.2 Å². The molecule has 4 heteroatoms. The summed E-state index contributed by atoms with van der Waals surface area (Å²) in [4.78, 5) is 12.8. The van der Waals surface area contributed by atoms with Gasteiger partial charge in [-0.3, -0.25) is 4.79 Å². The van der Waals surface area contributed by atoms with Crippen molar-refractivity contribution in [2.24, 2.45) is 5.41 Å². The molecule has 0 amide bonds. The lowest BCUT2D eigenvalue weighted by molar-refractivity contribution is 0.0802. The summed E-state index contributed by atoms with van der Waals surface area (Å²) < 4.78 is 5.12. The largest absolute Gasteiger partial charge is 0.495 e. The van der Waals surface area contributed by atoms with Gasteiger partial charge in [-0.1, -0.05) is 24.9 Å². The molecule has 0 radical (unpaired) electrons. The van der Waals surface area contributed by atoms with Crippen molar-refractivity contribution in [1.82, 2.24) is 5.32 Å². The Hall–Kier alpha value is -1.06. The summed E-state index contributed by atoms with van der Waals surface area (Å²) in [5.41, 5.74) is 0.426. The van der Waals surface area contributed by atoms with Crippen LogP contribution in [0, 0.1) is 5.41 Å². The lowest BCUT2D eigenvalue weighted by Crippen LogP contribution is -2.33. The fourth-order valence-corrected chi connectivity index (χ4v) is 3.11. The van der Waals surface area contributed by atoms with Gasteiger partial charge in [-0.15, -0.1) is 0 Å². The molecule has 0 aromatic heterocycles. The molecule has 1 aromatic rings. The van der Waals surface area contributed by atoms with Gasteiger partial charge in [-0.25, -0.2) is 0 Å². The molecule has 1 aromatic carbocycles. The molecule has 0 bridgehead atoms.